The van der Waals surface area contributed by atoms with Crippen LogP contribution in [-0.4, -0.2) is 9.97 Å². The number of fused-ring (bicyclic) bond motifs is 1. The number of benzene rings is 1. The van der Waals surface area contributed by atoms with Crippen molar-refractivity contribution in [2.24, 2.45) is 0 Å². The maximum absolute atomic E-state index is 8.75. The highest BCUT2D eigenvalue weighted by Gasteiger charge is 2.04. The molecule has 5 heteroatoms. The van der Waals surface area contributed by atoms with Crippen LogP contribution in [0.1, 0.15) is 11.1 Å². The van der Waals surface area contributed by atoms with Crippen LogP contribution in [-0.2, 0) is 6.54 Å². The molecule has 0 aliphatic heterocycles. The summed E-state index contributed by atoms with van der Waals surface area (Å²) in [4.78, 5) is 8.47. The fourth-order valence-corrected chi connectivity index (χ4v) is 2.61. The van der Waals surface area contributed by atoms with Crippen LogP contribution in [0.2, 0.25) is 0 Å². The zero-order valence-electron chi connectivity index (χ0n) is 10.00. The van der Waals surface area contributed by atoms with E-state index in [0.717, 1.165) is 21.6 Å². The quantitative estimate of drug-likeness (QED) is 0.791. The van der Waals surface area contributed by atoms with Crippen molar-refractivity contribution in [1.29, 1.82) is 5.26 Å². The van der Waals surface area contributed by atoms with Gasteiger partial charge in [0.25, 0.3) is 0 Å². The van der Waals surface area contributed by atoms with Gasteiger partial charge in [0.2, 0.25) is 0 Å². The summed E-state index contributed by atoms with van der Waals surface area (Å²) >= 11 is 1.62. The Hall–Kier alpha value is -2.45. The average Bonchev–Trinajstić information content (AvgIpc) is 2.94. The molecule has 3 rings (SSSR count). The highest BCUT2D eigenvalue weighted by molar-refractivity contribution is 7.17. The van der Waals surface area contributed by atoms with Crippen molar-refractivity contribution in [1.82, 2.24) is 9.97 Å². The Bertz CT molecular complexity index is 740. The maximum Gasteiger partial charge on any atom is 0.147 e. The lowest BCUT2D eigenvalue weighted by molar-refractivity contribution is 1.10. The Morgan fingerprint density at radius 3 is 2.79 bits per heavy atom. The summed E-state index contributed by atoms with van der Waals surface area (Å²) in [6, 6.07) is 11.6. The van der Waals surface area contributed by atoms with Gasteiger partial charge in [0.05, 0.1) is 21.8 Å². The largest absolute Gasteiger partial charge is 0.365 e. The zero-order chi connectivity index (χ0) is 13.1. The topological polar surface area (TPSA) is 61.6 Å². The van der Waals surface area contributed by atoms with E-state index in [1.54, 1.807) is 17.7 Å². The van der Waals surface area contributed by atoms with Gasteiger partial charge in [-0.15, -0.1) is 11.3 Å². The van der Waals surface area contributed by atoms with E-state index in [1.165, 1.54) is 0 Å². The fraction of sp³-hybridized carbons (Fsp3) is 0.0714. The van der Waals surface area contributed by atoms with Crippen LogP contribution < -0.4 is 5.32 Å². The third-order valence-electron chi connectivity index (χ3n) is 2.79. The molecule has 0 bridgehead atoms. The van der Waals surface area contributed by atoms with Crippen molar-refractivity contribution < 1.29 is 0 Å². The summed E-state index contributed by atoms with van der Waals surface area (Å²) in [5.74, 6) is 0.851. The molecule has 2 heterocycles. The minimum Gasteiger partial charge on any atom is -0.365 e. The maximum atomic E-state index is 8.75. The molecule has 0 atom stereocenters. The predicted molar refractivity (Wildman–Crippen MR) is 75.9 cm³/mol. The Morgan fingerprint density at radius 1 is 1.16 bits per heavy atom. The van der Waals surface area contributed by atoms with Crippen LogP contribution in [0.15, 0.2) is 42.0 Å². The number of hydrogen-bond donors (Lipinski definition) is 1. The van der Waals surface area contributed by atoms with Gasteiger partial charge in [-0.3, -0.25) is 0 Å². The summed E-state index contributed by atoms with van der Waals surface area (Å²) in [6.07, 6.45) is 1.57. The zero-order valence-corrected chi connectivity index (χ0v) is 10.8. The van der Waals surface area contributed by atoms with Gasteiger partial charge < -0.3 is 5.32 Å². The molecule has 0 aliphatic rings. The minimum atomic E-state index is 0.673. The van der Waals surface area contributed by atoms with Gasteiger partial charge in [-0.05, 0) is 29.1 Å². The number of nitrogens with one attached hydrogen (secondary N) is 1. The standard InChI is InChI=1S/C14H10N4S/c15-7-10-1-3-11(4-2-10)8-16-14-13-12(5-6-19-13)17-9-18-14/h1-6,9H,8H2,(H,16,17,18). The van der Waals surface area contributed by atoms with E-state index in [0.29, 0.717) is 12.1 Å². The smallest absolute Gasteiger partial charge is 0.147 e. The van der Waals surface area contributed by atoms with Crippen LogP contribution in [0.5, 0.6) is 0 Å². The monoisotopic (exact) mass is 266 g/mol. The average molecular weight is 266 g/mol. The Morgan fingerprint density at radius 2 is 2.00 bits per heavy atom. The first-order chi connectivity index (χ1) is 9.36. The first-order valence-corrected chi connectivity index (χ1v) is 6.66. The number of hydrogen-bond acceptors (Lipinski definition) is 5. The van der Waals surface area contributed by atoms with Gasteiger partial charge in [-0.2, -0.15) is 5.26 Å². The van der Waals surface area contributed by atoms with Crippen LogP contribution >= 0.6 is 11.3 Å². The van der Waals surface area contributed by atoms with Crippen LogP contribution in [0.4, 0.5) is 5.82 Å². The normalized spacial score (nSPS) is 10.3. The lowest BCUT2D eigenvalue weighted by Gasteiger charge is -2.06. The van der Waals surface area contributed by atoms with Gasteiger partial charge in [0.15, 0.2) is 0 Å². The molecule has 0 amide bonds. The second kappa shape index (κ2) is 5.04. The highest BCUT2D eigenvalue weighted by atomic mass is 32.1. The summed E-state index contributed by atoms with van der Waals surface area (Å²) in [6.45, 7) is 0.676. The molecule has 0 aliphatic carbocycles. The molecule has 1 N–H and O–H groups in total. The van der Waals surface area contributed by atoms with Crippen LogP contribution in [0.25, 0.3) is 10.2 Å². The number of thiophene rings is 1. The molecule has 0 fully saturated rings. The number of nitriles is 1. The second-order valence-corrected chi connectivity index (χ2v) is 4.94. The van der Waals surface area contributed by atoms with Gasteiger partial charge in [-0.25, -0.2) is 9.97 Å². The Balaban J connectivity index is 1.78. The van der Waals surface area contributed by atoms with Gasteiger partial charge in [0, 0.05) is 6.54 Å². The molecule has 0 unspecified atom stereocenters. The third kappa shape index (κ3) is 2.39. The SMILES string of the molecule is N#Cc1ccc(CNc2ncnc3ccsc23)cc1. The summed E-state index contributed by atoms with van der Waals surface area (Å²) in [7, 11) is 0. The minimum absolute atomic E-state index is 0.673. The van der Waals surface area contributed by atoms with Gasteiger partial charge in [-0.1, -0.05) is 12.1 Å². The number of nitrogens with zero attached hydrogens (tertiary/aromatic N) is 3. The van der Waals surface area contributed by atoms with E-state index in [1.807, 2.05) is 35.7 Å². The van der Waals surface area contributed by atoms with Crippen molar-refractivity contribution >= 4 is 27.4 Å². The molecule has 2 aromatic heterocycles. The summed E-state index contributed by atoms with van der Waals surface area (Å²) in [5.41, 5.74) is 2.75. The van der Waals surface area contributed by atoms with Crippen molar-refractivity contribution in [2.75, 3.05) is 5.32 Å². The predicted octanol–water partition coefficient (Wildman–Crippen LogP) is 3.18. The number of anilines is 1. The molecule has 0 spiro atoms. The number of rotatable bonds is 3. The fourth-order valence-electron chi connectivity index (χ4n) is 1.80. The van der Waals surface area contributed by atoms with Crippen molar-refractivity contribution in [3.63, 3.8) is 0 Å². The first kappa shape index (κ1) is 11.6. The van der Waals surface area contributed by atoms with E-state index in [-0.39, 0.29) is 0 Å². The van der Waals surface area contributed by atoms with Gasteiger partial charge in [0.1, 0.15) is 12.1 Å². The molecule has 0 saturated carbocycles. The molecule has 92 valence electrons. The Labute approximate surface area is 114 Å². The van der Waals surface area contributed by atoms with E-state index >= 15 is 0 Å². The highest BCUT2D eigenvalue weighted by Crippen LogP contribution is 2.25. The van der Waals surface area contributed by atoms with E-state index < -0.39 is 0 Å². The van der Waals surface area contributed by atoms with Crippen molar-refractivity contribution in [2.45, 2.75) is 6.54 Å². The second-order valence-electron chi connectivity index (χ2n) is 4.02. The molecule has 4 nitrogen and oxygen atoms in total. The first-order valence-electron chi connectivity index (χ1n) is 5.78. The molecule has 0 saturated heterocycles. The van der Waals surface area contributed by atoms with E-state index in [4.69, 9.17) is 5.26 Å². The summed E-state index contributed by atoms with van der Waals surface area (Å²) in [5, 5.41) is 14.1. The van der Waals surface area contributed by atoms with Crippen LogP contribution in [0, 0.1) is 11.3 Å². The molecular formula is C14H10N4S. The van der Waals surface area contributed by atoms with Crippen molar-refractivity contribution in [3.8, 4) is 6.07 Å². The van der Waals surface area contributed by atoms with Crippen LogP contribution in [0.3, 0.4) is 0 Å². The third-order valence-corrected chi connectivity index (χ3v) is 3.70. The van der Waals surface area contributed by atoms with E-state index in [2.05, 4.69) is 21.4 Å². The van der Waals surface area contributed by atoms with Crippen molar-refractivity contribution in [3.05, 3.63) is 53.2 Å². The Kier molecular flexibility index (Phi) is 3.09. The molecule has 19 heavy (non-hydrogen) atoms. The molecule has 3 aromatic rings. The number of aromatic nitrogens is 2. The molecule has 1 aromatic carbocycles. The molecule has 0 radical (unpaired) electrons. The lowest BCUT2D eigenvalue weighted by atomic mass is 10.1. The lowest BCUT2D eigenvalue weighted by Crippen LogP contribution is -2.01. The van der Waals surface area contributed by atoms with E-state index in [9.17, 15) is 0 Å². The molecular weight excluding hydrogens is 256 g/mol. The summed E-state index contributed by atoms with van der Waals surface area (Å²) < 4.78 is 1.07. The van der Waals surface area contributed by atoms with Gasteiger partial charge >= 0.3 is 0 Å².